The van der Waals surface area contributed by atoms with Gasteiger partial charge in [0.05, 0.1) is 18.4 Å². The van der Waals surface area contributed by atoms with Gasteiger partial charge in [0, 0.05) is 50.6 Å². The van der Waals surface area contributed by atoms with Crippen LogP contribution in [-0.2, 0) is 6.54 Å². The molecule has 1 aliphatic rings. The SMILES string of the molecule is COc1ccc(C(=O)N2CCN(Cc3c(C)noc3C)CC2)cn1. The topological polar surface area (TPSA) is 71.7 Å². The first kappa shape index (κ1) is 16.4. The monoisotopic (exact) mass is 330 g/mol. The number of methoxy groups -OCH3 is 1. The van der Waals surface area contributed by atoms with Gasteiger partial charge in [-0.2, -0.15) is 0 Å². The van der Waals surface area contributed by atoms with Crippen LogP contribution in [0, 0.1) is 13.8 Å². The molecule has 0 saturated carbocycles. The molecule has 0 bridgehead atoms. The summed E-state index contributed by atoms with van der Waals surface area (Å²) in [5.74, 6) is 1.40. The molecule has 0 aromatic carbocycles. The van der Waals surface area contributed by atoms with Gasteiger partial charge in [-0.15, -0.1) is 0 Å². The number of aromatic nitrogens is 2. The molecule has 3 rings (SSSR count). The van der Waals surface area contributed by atoms with Gasteiger partial charge < -0.3 is 14.2 Å². The third kappa shape index (κ3) is 3.41. The molecule has 2 aromatic heterocycles. The number of aryl methyl sites for hydroxylation is 2. The fourth-order valence-electron chi connectivity index (χ4n) is 2.87. The lowest BCUT2D eigenvalue weighted by Crippen LogP contribution is -2.48. The molecule has 7 nitrogen and oxygen atoms in total. The Morgan fingerprint density at radius 2 is 2.00 bits per heavy atom. The zero-order valence-electron chi connectivity index (χ0n) is 14.3. The van der Waals surface area contributed by atoms with E-state index in [-0.39, 0.29) is 5.91 Å². The maximum atomic E-state index is 12.5. The van der Waals surface area contributed by atoms with Gasteiger partial charge in [-0.1, -0.05) is 5.16 Å². The Labute approximate surface area is 141 Å². The molecule has 1 aliphatic heterocycles. The van der Waals surface area contributed by atoms with E-state index >= 15 is 0 Å². The fourth-order valence-corrected chi connectivity index (χ4v) is 2.87. The predicted octanol–water partition coefficient (Wildman–Crippen LogP) is 1.65. The first-order chi connectivity index (χ1) is 11.6. The third-order valence-corrected chi connectivity index (χ3v) is 4.41. The standard InChI is InChI=1S/C17H22N4O3/c1-12-15(13(2)24-19-12)11-20-6-8-21(9-7-20)17(22)14-4-5-16(23-3)18-10-14/h4-5,10H,6-9,11H2,1-3H3. The van der Waals surface area contributed by atoms with Crippen molar-refractivity contribution in [2.75, 3.05) is 33.3 Å². The van der Waals surface area contributed by atoms with Crippen LogP contribution < -0.4 is 4.74 Å². The van der Waals surface area contributed by atoms with Gasteiger partial charge in [0.2, 0.25) is 5.88 Å². The number of pyridine rings is 1. The van der Waals surface area contributed by atoms with Crippen molar-refractivity contribution in [2.45, 2.75) is 20.4 Å². The van der Waals surface area contributed by atoms with Crippen LogP contribution in [0.25, 0.3) is 0 Å². The average molecular weight is 330 g/mol. The minimum atomic E-state index is 0.0159. The van der Waals surface area contributed by atoms with Gasteiger partial charge in [0.25, 0.3) is 5.91 Å². The summed E-state index contributed by atoms with van der Waals surface area (Å²) in [6.07, 6.45) is 1.57. The molecule has 0 radical (unpaired) electrons. The summed E-state index contributed by atoms with van der Waals surface area (Å²) in [6, 6.07) is 3.46. The van der Waals surface area contributed by atoms with Crippen LogP contribution in [0.2, 0.25) is 0 Å². The summed E-state index contributed by atoms with van der Waals surface area (Å²) in [4.78, 5) is 20.8. The smallest absolute Gasteiger partial charge is 0.255 e. The van der Waals surface area contributed by atoms with E-state index in [1.165, 1.54) is 0 Å². The van der Waals surface area contributed by atoms with E-state index in [0.29, 0.717) is 24.5 Å². The first-order valence-electron chi connectivity index (χ1n) is 8.02. The lowest BCUT2D eigenvalue weighted by molar-refractivity contribution is 0.0627. The highest BCUT2D eigenvalue weighted by Crippen LogP contribution is 2.17. The van der Waals surface area contributed by atoms with Crippen molar-refractivity contribution < 1.29 is 14.1 Å². The van der Waals surface area contributed by atoms with Crippen LogP contribution in [0.15, 0.2) is 22.9 Å². The minimum Gasteiger partial charge on any atom is -0.481 e. The zero-order chi connectivity index (χ0) is 17.1. The number of ether oxygens (including phenoxy) is 1. The number of hydrogen-bond donors (Lipinski definition) is 0. The summed E-state index contributed by atoms with van der Waals surface area (Å²) < 4.78 is 10.2. The van der Waals surface area contributed by atoms with E-state index in [0.717, 1.165) is 36.7 Å². The molecule has 2 aromatic rings. The van der Waals surface area contributed by atoms with Gasteiger partial charge in [-0.05, 0) is 19.9 Å². The Bertz CT molecular complexity index is 684. The van der Waals surface area contributed by atoms with Crippen LogP contribution in [0.3, 0.4) is 0 Å². The Balaban J connectivity index is 1.57. The zero-order valence-corrected chi connectivity index (χ0v) is 14.3. The molecule has 1 amide bonds. The molecule has 0 spiro atoms. The normalized spacial score (nSPS) is 15.5. The molecular weight excluding hydrogens is 308 g/mol. The van der Waals surface area contributed by atoms with Gasteiger partial charge in [-0.3, -0.25) is 9.69 Å². The second-order valence-electron chi connectivity index (χ2n) is 5.96. The van der Waals surface area contributed by atoms with E-state index in [2.05, 4.69) is 15.0 Å². The largest absolute Gasteiger partial charge is 0.481 e. The summed E-state index contributed by atoms with van der Waals surface area (Å²) in [5, 5.41) is 4.00. The van der Waals surface area contributed by atoms with E-state index in [4.69, 9.17) is 9.26 Å². The van der Waals surface area contributed by atoms with Crippen LogP contribution >= 0.6 is 0 Å². The van der Waals surface area contributed by atoms with E-state index in [1.807, 2.05) is 18.7 Å². The summed E-state index contributed by atoms with van der Waals surface area (Å²) in [6.45, 7) is 7.78. The van der Waals surface area contributed by atoms with Gasteiger partial charge >= 0.3 is 0 Å². The molecule has 128 valence electrons. The molecule has 1 saturated heterocycles. The van der Waals surface area contributed by atoms with Gasteiger partial charge in [0.1, 0.15) is 5.76 Å². The third-order valence-electron chi connectivity index (χ3n) is 4.41. The highest BCUT2D eigenvalue weighted by Gasteiger charge is 2.23. The Morgan fingerprint density at radius 1 is 1.25 bits per heavy atom. The Kier molecular flexibility index (Phi) is 4.80. The van der Waals surface area contributed by atoms with E-state index in [1.54, 1.807) is 25.4 Å². The lowest BCUT2D eigenvalue weighted by atomic mass is 10.1. The Morgan fingerprint density at radius 3 is 2.54 bits per heavy atom. The number of hydrogen-bond acceptors (Lipinski definition) is 6. The van der Waals surface area contributed by atoms with Crippen molar-refractivity contribution in [1.29, 1.82) is 0 Å². The number of carbonyl (C=O) groups is 1. The average Bonchev–Trinajstić information content (AvgIpc) is 2.94. The number of piperazine rings is 1. The van der Waals surface area contributed by atoms with Crippen LogP contribution in [0.4, 0.5) is 0 Å². The number of rotatable bonds is 4. The second kappa shape index (κ2) is 7.00. The molecule has 3 heterocycles. The maximum absolute atomic E-state index is 12.5. The van der Waals surface area contributed by atoms with Crippen LogP contribution in [-0.4, -0.2) is 59.1 Å². The van der Waals surface area contributed by atoms with E-state index < -0.39 is 0 Å². The summed E-state index contributed by atoms with van der Waals surface area (Å²) >= 11 is 0. The molecule has 1 fully saturated rings. The highest BCUT2D eigenvalue weighted by atomic mass is 16.5. The molecule has 0 aliphatic carbocycles. The van der Waals surface area contributed by atoms with Crippen LogP contribution in [0.5, 0.6) is 5.88 Å². The van der Waals surface area contributed by atoms with Crippen molar-refractivity contribution in [1.82, 2.24) is 19.9 Å². The van der Waals surface area contributed by atoms with Crippen molar-refractivity contribution >= 4 is 5.91 Å². The molecule has 7 heteroatoms. The summed E-state index contributed by atoms with van der Waals surface area (Å²) in [7, 11) is 1.56. The number of amides is 1. The Hall–Kier alpha value is -2.41. The van der Waals surface area contributed by atoms with Gasteiger partial charge in [-0.25, -0.2) is 4.98 Å². The van der Waals surface area contributed by atoms with Crippen molar-refractivity contribution in [2.24, 2.45) is 0 Å². The maximum Gasteiger partial charge on any atom is 0.255 e. The first-order valence-corrected chi connectivity index (χ1v) is 8.02. The number of nitrogens with zero attached hydrogens (tertiary/aromatic N) is 4. The van der Waals surface area contributed by atoms with Crippen molar-refractivity contribution in [3.05, 3.63) is 40.9 Å². The lowest BCUT2D eigenvalue weighted by Gasteiger charge is -2.34. The molecule has 0 atom stereocenters. The predicted molar refractivity (Wildman–Crippen MR) is 87.9 cm³/mol. The van der Waals surface area contributed by atoms with Crippen molar-refractivity contribution in [3.8, 4) is 5.88 Å². The van der Waals surface area contributed by atoms with Gasteiger partial charge in [0.15, 0.2) is 0 Å². The highest BCUT2D eigenvalue weighted by molar-refractivity contribution is 5.94. The van der Waals surface area contributed by atoms with Crippen LogP contribution in [0.1, 0.15) is 27.4 Å². The minimum absolute atomic E-state index is 0.0159. The molecular formula is C17H22N4O3. The number of carbonyl (C=O) groups excluding carboxylic acids is 1. The van der Waals surface area contributed by atoms with E-state index in [9.17, 15) is 4.79 Å². The molecule has 24 heavy (non-hydrogen) atoms. The molecule has 0 N–H and O–H groups in total. The second-order valence-corrected chi connectivity index (χ2v) is 5.96. The summed E-state index contributed by atoms with van der Waals surface area (Å²) in [5.41, 5.74) is 2.68. The van der Waals surface area contributed by atoms with Crippen molar-refractivity contribution in [3.63, 3.8) is 0 Å². The molecule has 0 unspecified atom stereocenters. The quantitative estimate of drug-likeness (QED) is 0.849. The fraction of sp³-hybridized carbons (Fsp3) is 0.471.